The Morgan fingerprint density at radius 1 is 1.12 bits per heavy atom. The number of rotatable bonds is 5. The normalized spacial score (nSPS) is 9.71. The van der Waals surface area contributed by atoms with Crippen LogP contribution in [0, 0.1) is 28.9 Å². The highest BCUT2D eigenvalue weighted by Gasteiger charge is 2.05. The van der Waals surface area contributed by atoms with Gasteiger partial charge in [0.15, 0.2) is 6.61 Å². The first kappa shape index (κ1) is 17.6. The number of nitrogens with zero attached hydrogens (tertiary/aromatic N) is 1. The fraction of sp³-hybridized carbons (Fsp3) is 0.167. The molecule has 0 aliphatic rings. The lowest BCUT2D eigenvalue weighted by Crippen LogP contribution is -2.05. The zero-order valence-electron chi connectivity index (χ0n) is 13.0. The third-order valence-corrected chi connectivity index (χ3v) is 3.94. The molecule has 6 heteroatoms. The quantitative estimate of drug-likeness (QED) is 0.272. The van der Waals surface area contributed by atoms with Crippen molar-refractivity contribution in [1.29, 1.82) is 0 Å². The minimum atomic E-state index is -0.434. The number of aryl methyl sites for hydroxylation is 1. The number of thioether (sulfide) groups is 1. The number of esters is 1. The standard InChI is InChI=1S/C18H15NO4S/c1-14-4-6-15(7-5-14)18(20)23-12-2-3-13-24-17-10-8-16(9-11-17)19(21)22/h4-11H,12-13H2,1H3. The number of nitro benzene ring substituents is 1. The van der Waals surface area contributed by atoms with E-state index in [1.54, 1.807) is 24.3 Å². The van der Waals surface area contributed by atoms with E-state index < -0.39 is 10.9 Å². The first-order chi connectivity index (χ1) is 11.6. The number of benzene rings is 2. The fourth-order valence-corrected chi connectivity index (χ4v) is 2.43. The zero-order valence-corrected chi connectivity index (χ0v) is 13.8. The van der Waals surface area contributed by atoms with Gasteiger partial charge in [-0.3, -0.25) is 10.1 Å². The van der Waals surface area contributed by atoms with E-state index in [9.17, 15) is 14.9 Å². The van der Waals surface area contributed by atoms with Gasteiger partial charge in [-0.1, -0.05) is 29.5 Å². The molecule has 0 radical (unpaired) electrons. The Morgan fingerprint density at radius 3 is 2.42 bits per heavy atom. The number of nitro groups is 1. The van der Waals surface area contributed by atoms with Crippen molar-refractivity contribution in [2.75, 3.05) is 12.4 Å². The van der Waals surface area contributed by atoms with Crippen LogP contribution in [0.1, 0.15) is 15.9 Å². The summed E-state index contributed by atoms with van der Waals surface area (Å²) in [6.45, 7) is 1.98. The van der Waals surface area contributed by atoms with Crippen molar-refractivity contribution < 1.29 is 14.5 Å². The number of non-ortho nitro benzene ring substituents is 1. The summed E-state index contributed by atoms with van der Waals surface area (Å²) in [5, 5.41) is 10.6. The van der Waals surface area contributed by atoms with E-state index >= 15 is 0 Å². The Balaban J connectivity index is 1.73. The molecule has 0 bridgehead atoms. The minimum Gasteiger partial charge on any atom is -0.449 e. The first-order valence-electron chi connectivity index (χ1n) is 7.13. The van der Waals surface area contributed by atoms with Crippen LogP contribution in [-0.4, -0.2) is 23.3 Å². The SMILES string of the molecule is Cc1ccc(C(=O)OCC#CCSc2ccc([N+](=O)[O-])cc2)cc1. The van der Waals surface area contributed by atoms with Crippen LogP contribution in [0.4, 0.5) is 5.69 Å². The molecular weight excluding hydrogens is 326 g/mol. The van der Waals surface area contributed by atoms with Crippen molar-refractivity contribution in [2.24, 2.45) is 0 Å². The molecule has 0 aliphatic carbocycles. The second-order valence-corrected chi connectivity index (χ2v) is 5.88. The van der Waals surface area contributed by atoms with Gasteiger partial charge in [0.1, 0.15) is 0 Å². The Labute approximate surface area is 144 Å². The highest BCUT2D eigenvalue weighted by atomic mass is 32.2. The van der Waals surface area contributed by atoms with Gasteiger partial charge in [-0.15, -0.1) is 11.8 Å². The smallest absolute Gasteiger partial charge is 0.339 e. The third kappa shape index (κ3) is 5.45. The molecule has 0 amide bonds. The second kappa shape index (κ2) is 8.75. The van der Waals surface area contributed by atoms with Crippen LogP contribution in [0.15, 0.2) is 53.4 Å². The van der Waals surface area contributed by atoms with E-state index in [0.717, 1.165) is 10.5 Å². The predicted octanol–water partition coefficient (Wildman–Crippen LogP) is 3.86. The summed E-state index contributed by atoms with van der Waals surface area (Å²) >= 11 is 1.46. The van der Waals surface area contributed by atoms with Crippen LogP contribution in [0.5, 0.6) is 0 Å². The number of hydrogen-bond acceptors (Lipinski definition) is 5. The molecule has 2 aromatic rings. The van der Waals surface area contributed by atoms with E-state index in [-0.39, 0.29) is 12.3 Å². The molecule has 0 saturated heterocycles. The largest absolute Gasteiger partial charge is 0.449 e. The lowest BCUT2D eigenvalue weighted by molar-refractivity contribution is -0.384. The molecule has 0 atom stereocenters. The minimum absolute atomic E-state index is 0.0352. The van der Waals surface area contributed by atoms with Gasteiger partial charge in [-0.2, -0.15) is 0 Å². The third-order valence-electron chi connectivity index (χ3n) is 3.05. The average molecular weight is 341 g/mol. The fourth-order valence-electron chi connectivity index (χ4n) is 1.76. The number of carbonyl (C=O) groups is 1. The Morgan fingerprint density at radius 2 is 1.79 bits per heavy atom. The maximum absolute atomic E-state index is 11.7. The molecule has 0 N–H and O–H groups in total. The zero-order chi connectivity index (χ0) is 17.4. The molecule has 122 valence electrons. The van der Waals surface area contributed by atoms with Crippen LogP contribution in [0.2, 0.25) is 0 Å². The van der Waals surface area contributed by atoms with Gasteiger partial charge in [0.2, 0.25) is 0 Å². The Bertz CT molecular complexity index is 773. The number of hydrogen-bond donors (Lipinski definition) is 0. The molecule has 0 fully saturated rings. The summed E-state index contributed by atoms with van der Waals surface area (Å²) in [4.78, 5) is 22.8. The second-order valence-electron chi connectivity index (χ2n) is 4.84. The van der Waals surface area contributed by atoms with Crippen molar-refractivity contribution in [1.82, 2.24) is 0 Å². The van der Waals surface area contributed by atoms with Crippen LogP contribution < -0.4 is 0 Å². The average Bonchev–Trinajstić information content (AvgIpc) is 2.58. The Hall–Kier alpha value is -2.78. The van der Waals surface area contributed by atoms with Gasteiger partial charge in [-0.05, 0) is 31.2 Å². The molecule has 5 nitrogen and oxygen atoms in total. The number of carbonyl (C=O) groups excluding carboxylic acids is 1. The van der Waals surface area contributed by atoms with E-state index in [2.05, 4.69) is 11.8 Å². The lowest BCUT2D eigenvalue weighted by Gasteiger charge is -2.01. The molecule has 24 heavy (non-hydrogen) atoms. The topological polar surface area (TPSA) is 69.4 Å². The molecule has 0 saturated carbocycles. The molecule has 0 heterocycles. The van der Waals surface area contributed by atoms with Crippen LogP contribution in [0.3, 0.4) is 0 Å². The molecular formula is C18H15NO4S. The van der Waals surface area contributed by atoms with Gasteiger partial charge in [0.25, 0.3) is 5.69 Å². The molecule has 0 unspecified atom stereocenters. The number of ether oxygens (including phenoxy) is 1. The van der Waals surface area contributed by atoms with Gasteiger partial charge in [0, 0.05) is 17.0 Å². The van der Waals surface area contributed by atoms with Gasteiger partial charge in [-0.25, -0.2) is 4.79 Å². The summed E-state index contributed by atoms with van der Waals surface area (Å²) < 4.78 is 5.07. The van der Waals surface area contributed by atoms with Crippen LogP contribution >= 0.6 is 11.8 Å². The first-order valence-corrected chi connectivity index (χ1v) is 8.11. The molecule has 0 spiro atoms. The van der Waals surface area contributed by atoms with E-state index in [1.807, 2.05) is 19.1 Å². The lowest BCUT2D eigenvalue weighted by atomic mass is 10.1. The van der Waals surface area contributed by atoms with Crippen molar-refractivity contribution >= 4 is 23.4 Å². The van der Waals surface area contributed by atoms with E-state index in [1.165, 1.54) is 23.9 Å². The van der Waals surface area contributed by atoms with Crippen LogP contribution in [0.25, 0.3) is 0 Å². The molecule has 2 rings (SSSR count). The van der Waals surface area contributed by atoms with Crippen molar-refractivity contribution in [3.63, 3.8) is 0 Å². The highest BCUT2D eigenvalue weighted by Crippen LogP contribution is 2.20. The predicted molar refractivity (Wildman–Crippen MR) is 93.1 cm³/mol. The summed E-state index contributed by atoms with van der Waals surface area (Å²) in [5.41, 5.74) is 1.64. The van der Waals surface area contributed by atoms with Crippen molar-refractivity contribution in [3.05, 3.63) is 69.8 Å². The highest BCUT2D eigenvalue weighted by molar-refractivity contribution is 7.99. The van der Waals surface area contributed by atoms with Crippen LogP contribution in [-0.2, 0) is 4.74 Å². The Kier molecular flexibility index (Phi) is 6.41. The van der Waals surface area contributed by atoms with E-state index in [4.69, 9.17) is 4.74 Å². The maximum atomic E-state index is 11.7. The molecule has 0 aliphatic heterocycles. The van der Waals surface area contributed by atoms with Gasteiger partial charge < -0.3 is 4.74 Å². The summed E-state index contributed by atoms with van der Waals surface area (Å²) in [6.07, 6.45) is 0. The monoisotopic (exact) mass is 341 g/mol. The molecule has 2 aromatic carbocycles. The van der Waals surface area contributed by atoms with Gasteiger partial charge >= 0.3 is 5.97 Å². The van der Waals surface area contributed by atoms with Gasteiger partial charge in [0.05, 0.1) is 16.2 Å². The van der Waals surface area contributed by atoms with E-state index in [0.29, 0.717) is 11.3 Å². The summed E-state index contributed by atoms with van der Waals surface area (Å²) in [6, 6.07) is 13.4. The summed E-state index contributed by atoms with van der Waals surface area (Å²) in [7, 11) is 0. The molecule has 0 aromatic heterocycles. The van der Waals surface area contributed by atoms with Crippen molar-refractivity contribution in [2.45, 2.75) is 11.8 Å². The summed E-state index contributed by atoms with van der Waals surface area (Å²) in [5.74, 6) is 5.78. The maximum Gasteiger partial charge on any atom is 0.339 e. The van der Waals surface area contributed by atoms with Crippen molar-refractivity contribution in [3.8, 4) is 11.8 Å².